The molecule has 0 bridgehead atoms. The van der Waals surface area contributed by atoms with Crippen molar-refractivity contribution in [1.29, 1.82) is 0 Å². The number of nitrogens with zero attached hydrogens (tertiary/aromatic N) is 2. The summed E-state index contributed by atoms with van der Waals surface area (Å²) in [4.78, 5) is 17.1. The molecule has 0 spiro atoms. The predicted octanol–water partition coefficient (Wildman–Crippen LogP) is 4.62. The summed E-state index contributed by atoms with van der Waals surface area (Å²) in [7, 11) is 0. The Morgan fingerprint density at radius 3 is 2.52 bits per heavy atom. The number of likely N-dealkylation sites (tertiary alicyclic amines) is 2. The number of amides is 2. The van der Waals surface area contributed by atoms with E-state index in [0.29, 0.717) is 5.02 Å². The molecule has 0 atom stereocenters. The van der Waals surface area contributed by atoms with Gasteiger partial charge in [0, 0.05) is 30.3 Å². The zero-order valence-electron chi connectivity index (χ0n) is 15.4. The van der Waals surface area contributed by atoms with Gasteiger partial charge < -0.3 is 15.1 Å². The summed E-state index contributed by atoms with van der Waals surface area (Å²) < 4.78 is 0. The van der Waals surface area contributed by atoms with Crippen LogP contribution in [-0.2, 0) is 0 Å². The highest BCUT2D eigenvalue weighted by Gasteiger charge is 2.26. The number of nitrogens with one attached hydrogen (secondary N) is 1. The second kappa shape index (κ2) is 8.41. The number of carbonyl (C=O) groups excluding carboxylic acids is 1. The van der Waals surface area contributed by atoms with E-state index in [-0.39, 0.29) is 6.03 Å². The molecule has 1 aromatic carbocycles. The number of piperidine rings is 2. The van der Waals surface area contributed by atoms with Crippen LogP contribution in [0, 0.1) is 18.8 Å². The van der Waals surface area contributed by atoms with Crippen molar-refractivity contribution < 1.29 is 4.79 Å². The molecule has 2 fully saturated rings. The van der Waals surface area contributed by atoms with Crippen LogP contribution in [0.15, 0.2) is 18.2 Å². The second-order valence-electron chi connectivity index (χ2n) is 7.76. The number of anilines is 1. The van der Waals surface area contributed by atoms with Crippen molar-refractivity contribution in [2.45, 2.75) is 39.5 Å². The van der Waals surface area contributed by atoms with Crippen LogP contribution in [0.25, 0.3) is 0 Å². The maximum absolute atomic E-state index is 12.5. The highest BCUT2D eigenvalue weighted by Crippen LogP contribution is 2.25. The van der Waals surface area contributed by atoms with Crippen molar-refractivity contribution >= 4 is 23.3 Å². The molecule has 0 unspecified atom stereocenters. The van der Waals surface area contributed by atoms with Gasteiger partial charge in [0.15, 0.2) is 0 Å². The van der Waals surface area contributed by atoms with E-state index in [0.717, 1.165) is 49.0 Å². The fraction of sp³-hybridized carbons (Fsp3) is 0.650. The third-order valence-electron chi connectivity index (χ3n) is 5.80. The summed E-state index contributed by atoms with van der Waals surface area (Å²) in [6, 6.07) is 5.62. The van der Waals surface area contributed by atoms with Crippen LogP contribution in [0.2, 0.25) is 5.02 Å². The Bertz CT molecular complexity index is 591. The molecule has 25 heavy (non-hydrogen) atoms. The van der Waals surface area contributed by atoms with E-state index in [2.05, 4.69) is 17.1 Å². The van der Waals surface area contributed by atoms with Gasteiger partial charge in [-0.2, -0.15) is 0 Å². The monoisotopic (exact) mass is 363 g/mol. The minimum atomic E-state index is -0.00406. The van der Waals surface area contributed by atoms with Gasteiger partial charge in [-0.05, 0) is 75.2 Å². The maximum Gasteiger partial charge on any atom is 0.321 e. The van der Waals surface area contributed by atoms with Gasteiger partial charge in [-0.1, -0.05) is 24.6 Å². The lowest BCUT2D eigenvalue weighted by Crippen LogP contribution is -2.44. The predicted molar refractivity (Wildman–Crippen MR) is 104 cm³/mol. The van der Waals surface area contributed by atoms with E-state index >= 15 is 0 Å². The molecular weight excluding hydrogens is 334 g/mol. The summed E-state index contributed by atoms with van der Waals surface area (Å²) in [6.45, 7) is 9.68. The summed E-state index contributed by atoms with van der Waals surface area (Å²) in [5.74, 6) is 1.61. The lowest BCUT2D eigenvalue weighted by molar-refractivity contribution is 0.130. The summed E-state index contributed by atoms with van der Waals surface area (Å²) in [5.41, 5.74) is 1.73. The first-order valence-electron chi connectivity index (χ1n) is 9.56. The molecule has 5 heteroatoms. The lowest BCUT2D eigenvalue weighted by atomic mass is 9.93. The minimum Gasteiger partial charge on any atom is -0.325 e. The first kappa shape index (κ1) is 18.5. The van der Waals surface area contributed by atoms with Gasteiger partial charge in [0.05, 0.1) is 0 Å². The molecule has 0 aromatic heterocycles. The third-order valence-corrected chi connectivity index (χ3v) is 6.21. The van der Waals surface area contributed by atoms with E-state index in [9.17, 15) is 4.79 Å². The van der Waals surface area contributed by atoms with Crippen LogP contribution >= 0.6 is 11.6 Å². The molecule has 2 heterocycles. The van der Waals surface area contributed by atoms with Crippen molar-refractivity contribution in [2.75, 3.05) is 38.0 Å². The average Bonchev–Trinajstić information content (AvgIpc) is 2.61. The molecule has 1 aromatic rings. The first-order chi connectivity index (χ1) is 12.0. The fourth-order valence-corrected chi connectivity index (χ4v) is 4.04. The molecular formula is C20H30ClN3O. The number of benzene rings is 1. The molecule has 2 amide bonds. The van der Waals surface area contributed by atoms with Gasteiger partial charge in [-0.15, -0.1) is 0 Å². The van der Waals surface area contributed by atoms with Crippen molar-refractivity contribution in [2.24, 2.45) is 11.8 Å². The number of rotatable bonds is 3. The Morgan fingerprint density at radius 1 is 1.16 bits per heavy atom. The Kier molecular flexibility index (Phi) is 6.24. The largest absolute Gasteiger partial charge is 0.325 e. The van der Waals surface area contributed by atoms with Gasteiger partial charge in [0.1, 0.15) is 0 Å². The van der Waals surface area contributed by atoms with Crippen LogP contribution < -0.4 is 5.32 Å². The van der Waals surface area contributed by atoms with Gasteiger partial charge in [-0.25, -0.2) is 4.79 Å². The normalized spacial score (nSPS) is 20.7. The fourth-order valence-electron chi connectivity index (χ4n) is 3.87. The minimum absolute atomic E-state index is 0.00406. The van der Waals surface area contributed by atoms with Gasteiger partial charge >= 0.3 is 6.03 Å². The van der Waals surface area contributed by atoms with Crippen LogP contribution in [0.4, 0.5) is 10.5 Å². The number of hydrogen-bond donors (Lipinski definition) is 1. The van der Waals surface area contributed by atoms with Crippen LogP contribution in [0.1, 0.15) is 38.2 Å². The maximum atomic E-state index is 12.5. The highest BCUT2D eigenvalue weighted by molar-refractivity contribution is 6.31. The molecule has 2 aliphatic heterocycles. The van der Waals surface area contributed by atoms with E-state index < -0.39 is 0 Å². The Hall–Kier alpha value is -1.26. The molecule has 2 aliphatic rings. The third kappa shape index (κ3) is 4.89. The van der Waals surface area contributed by atoms with Crippen LogP contribution in [0.5, 0.6) is 0 Å². The Morgan fingerprint density at radius 2 is 1.84 bits per heavy atom. The van der Waals surface area contributed by atoms with Crippen molar-refractivity contribution in [3.05, 3.63) is 28.8 Å². The van der Waals surface area contributed by atoms with Crippen molar-refractivity contribution in [1.82, 2.24) is 9.80 Å². The topological polar surface area (TPSA) is 35.6 Å². The summed E-state index contributed by atoms with van der Waals surface area (Å²) >= 11 is 6.13. The van der Waals surface area contributed by atoms with E-state index in [1.54, 1.807) is 0 Å². The second-order valence-corrected chi connectivity index (χ2v) is 8.16. The van der Waals surface area contributed by atoms with Crippen LogP contribution in [0.3, 0.4) is 0 Å². The van der Waals surface area contributed by atoms with Gasteiger partial charge in [0.25, 0.3) is 0 Å². The smallest absolute Gasteiger partial charge is 0.321 e. The molecule has 0 radical (unpaired) electrons. The molecule has 3 rings (SSSR count). The molecule has 0 aliphatic carbocycles. The molecule has 1 N–H and O–H groups in total. The number of carbonyl (C=O) groups is 1. The first-order valence-corrected chi connectivity index (χ1v) is 9.94. The van der Waals surface area contributed by atoms with E-state index in [1.165, 1.54) is 32.5 Å². The van der Waals surface area contributed by atoms with Gasteiger partial charge in [0.2, 0.25) is 0 Å². The van der Waals surface area contributed by atoms with Gasteiger partial charge in [-0.3, -0.25) is 0 Å². The Balaban J connectivity index is 1.45. The average molecular weight is 364 g/mol. The molecule has 2 saturated heterocycles. The standard InChI is InChI=1S/C20H30ClN3O/c1-15-6-10-23(11-7-15)14-17-8-12-24(13-9-17)20(25)22-19-5-3-4-18(21)16(19)2/h3-5,15,17H,6-14H2,1-2H3,(H,22,25). The number of urea groups is 1. The summed E-state index contributed by atoms with van der Waals surface area (Å²) in [6.07, 6.45) is 4.88. The molecule has 138 valence electrons. The number of hydrogen-bond acceptors (Lipinski definition) is 2. The van der Waals surface area contributed by atoms with E-state index in [4.69, 9.17) is 11.6 Å². The van der Waals surface area contributed by atoms with Crippen molar-refractivity contribution in [3.8, 4) is 0 Å². The summed E-state index contributed by atoms with van der Waals surface area (Å²) in [5, 5.41) is 3.70. The Labute approximate surface area is 156 Å². The lowest BCUT2D eigenvalue weighted by Gasteiger charge is -2.37. The molecule has 4 nitrogen and oxygen atoms in total. The SMILES string of the molecule is Cc1c(Cl)cccc1NC(=O)N1CCC(CN2CCC(C)CC2)CC1. The highest BCUT2D eigenvalue weighted by atomic mass is 35.5. The quantitative estimate of drug-likeness (QED) is 0.850. The van der Waals surface area contributed by atoms with Crippen LogP contribution in [-0.4, -0.2) is 48.6 Å². The molecule has 0 saturated carbocycles. The van der Waals surface area contributed by atoms with Crippen molar-refractivity contribution in [3.63, 3.8) is 0 Å². The number of halogens is 1. The zero-order valence-corrected chi connectivity index (χ0v) is 16.2. The van der Waals surface area contributed by atoms with E-state index in [1.807, 2.05) is 30.0 Å². The zero-order chi connectivity index (χ0) is 17.8.